The number of hydrogen-bond acceptors (Lipinski definition) is 4. The van der Waals surface area contributed by atoms with E-state index >= 15 is 0 Å². The Morgan fingerprint density at radius 1 is 0.963 bits per heavy atom. The number of sulfonamides is 2. The van der Waals surface area contributed by atoms with Crippen LogP contribution in [0.2, 0.25) is 0 Å². The van der Waals surface area contributed by atoms with Gasteiger partial charge in [0.15, 0.2) is 0 Å². The molecular formula is C19H24N2O4S2. The number of benzene rings is 2. The SMILES string of the molecule is C[C@H]1CCCCN1S(=O)(=O)c1ccc(NS(=O)(=O)Cc2ccccc2)cc1. The zero-order chi connectivity index (χ0) is 19.5. The standard InChI is InChI=1S/C19H24N2O4S2/c1-16-7-5-6-14-21(16)27(24,25)19-12-10-18(11-13-19)20-26(22,23)15-17-8-3-2-4-9-17/h2-4,8-13,16,20H,5-7,14-15H2,1H3/t16-/m0/s1. The minimum atomic E-state index is -3.58. The van der Waals surface area contributed by atoms with E-state index < -0.39 is 20.0 Å². The number of nitrogens with one attached hydrogen (secondary N) is 1. The summed E-state index contributed by atoms with van der Waals surface area (Å²) in [5.74, 6) is -0.140. The number of anilines is 1. The molecule has 2 aromatic rings. The molecule has 8 heteroatoms. The fourth-order valence-corrected chi connectivity index (χ4v) is 6.17. The van der Waals surface area contributed by atoms with Crippen LogP contribution in [0.5, 0.6) is 0 Å². The molecule has 0 unspecified atom stereocenters. The first kappa shape index (κ1) is 19.9. The summed E-state index contributed by atoms with van der Waals surface area (Å²) in [7, 11) is -7.14. The fourth-order valence-electron chi connectivity index (χ4n) is 3.27. The monoisotopic (exact) mass is 408 g/mol. The van der Waals surface area contributed by atoms with Crippen molar-refractivity contribution in [3.63, 3.8) is 0 Å². The highest BCUT2D eigenvalue weighted by Gasteiger charge is 2.30. The molecule has 0 aromatic heterocycles. The van der Waals surface area contributed by atoms with Crippen molar-refractivity contribution in [1.82, 2.24) is 4.31 Å². The van der Waals surface area contributed by atoms with Gasteiger partial charge in [-0.05, 0) is 49.6 Å². The molecule has 1 fully saturated rings. The molecule has 0 aliphatic carbocycles. The summed E-state index contributed by atoms with van der Waals surface area (Å²) in [6.45, 7) is 2.44. The molecule has 0 spiro atoms. The first-order chi connectivity index (χ1) is 12.8. The number of piperidine rings is 1. The van der Waals surface area contributed by atoms with Crippen LogP contribution < -0.4 is 4.72 Å². The second-order valence-electron chi connectivity index (χ2n) is 6.83. The van der Waals surface area contributed by atoms with Crippen LogP contribution >= 0.6 is 0 Å². The maximum atomic E-state index is 12.8. The smallest absolute Gasteiger partial charge is 0.243 e. The second-order valence-corrected chi connectivity index (χ2v) is 10.4. The van der Waals surface area contributed by atoms with Crippen LogP contribution in [-0.4, -0.2) is 33.7 Å². The van der Waals surface area contributed by atoms with Crippen molar-refractivity contribution in [2.24, 2.45) is 0 Å². The predicted octanol–water partition coefficient (Wildman–Crippen LogP) is 3.19. The minimum Gasteiger partial charge on any atom is -0.283 e. The Balaban J connectivity index is 1.73. The van der Waals surface area contributed by atoms with E-state index in [1.54, 1.807) is 24.3 Å². The Morgan fingerprint density at radius 3 is 2.26 bits per heavy atom. The number of hydrogen-bond donors (Lipinski definition) is 1. The lowest BCUT2D eigenvalue weighted by Crippen LogP contribution is -2.41. The molecule has 27 heavy (non-hydrogen) atoms. The molecular weight excluding hydrogens is 384 g/mol. The molecule has 1 saturated heterocycles. The average molecular weight is 409 g/mol. The van der Waals surface area contributed by atoms with E-state index in [0.29, 0.717) is 17.8 Å². The Kier molecular flexibility index (Phi) is 5.88. The van der Waals surface area contributed by atoms with Gasteiger partial charge in [-0.1, -0.05) is 36.8 Å². The van der Waals surface area contributed by atoms with Gasteiger partial charge in [0.05, 0.1) is 10.6 Å². The van der Waals surface area contributed by atoms with Crippen molar-refractivity contribution in [1.29, 1.82) is 0 Å². The summed E-state index contributed by atoms with van der Waals surface area (Å²) in [5.41, 5.74) is 1.03. The van der Waals surface area contributed by atoms with Crippen molar-refractivity contribution >= 4 is 25.7 Å². The summed E-state index contributed by atoms with van der Waals surface area (Å²) >= 11 is 0. The molecule has 1 aliphatic heterocycles. The number of nitrogens with zero attached hydrogens (tertiary/aromatic N) is 1. The molecule has 0 saturated carbocycles. The molecule has 1 aliphatic rings. The quantitative estimate of drug-likeness (QED) is 0.796. The van der Waals surface area contributed by atoms with Gasteiger partial charge in [0, 0.05) is 18.3 Å². The normalized spacial score (nSPS) is 18.9. The topological polar surface area (TPSA) is 83.6 Å². The van der Waals surface area contributed by atoms with E-state index in [4.69, 9.17) is 0 Å². The Hall–Kier alpha value is -1.90. The van der Waals surface area contributed by atoms with E-state index in [2.05, 4.69) is 4.72 Å². The van der Waals surface area contributed by atoms with E-state index in [1.807, 2.05) is 13.0 Å². The molecule has 1 N–H and O–H groups in total. The van der Waals surface area contributed by atoms with Gasteiger partial charge in [0.1, 0.15) is 0 Å². The third-order valence-electron chi connectivity index (χ3n) is 4.68. The van der Waals surface area contributed by atoms with Gasteiger partial charge in [0.2, 0.25) is 20.0 Å². The van der Waals surface area contributed by atoms with Gasteiger partial charge in [-0.25, -0.2) is 16.8 Å². The largest absolute Gasteiger partial charge is 0.283 e. The Morgan fingerprint density at radius 2 is 1.63 bits per heavy atom. The molecule has 0 bridgehead atoms. The summed E-state index contributed by atoms with van der Waals surface area (Å²) in [6, 6.07) is 14.8. The predicted molar refractivity (Wildman–Crippen MR) is 106 cm³/mol. The minimum absolute atomic E-state index is 0.0206. The van der Waals surface area contributed by atoms with Gasteiger partial charge >= 0.3 is 0 Å². The lowest BCUT2D eigenvalue weighted by molar-refractivity contribution is 0.268. The van der Waals surface area contributed by atoms with Gasteiger partial charge in [-0.2, -0.15) is 4.31 Å². The summed E-state index contributed by atoms with van der Waals surface area (Å²) < 4.78 is 54.3. The third kappa shape index (κ3) is 4.88. The van der Waals surface area contributed by atoms with Crippen LogP contribution in [0.15, 0.2) is 59.5 Å². The summed E-state index contributed by atoms with van der Waals surface area (Å²) in [4.78, 5) is 0.183. The first-order valence-electron chi connectivity index (χ1n) is 8.94. The highest BCUT2D eigenvalue weighted by molar-refractivity contribution is 7.92. The maximum Gasteiger partial charge on any atom is 0.243 e. The molecule has 1 atom stereocenters. The Labute approximate surface area is 161 Å². The summed E-state index contributed by atoms with van der Waals surface area (Å²) in [6.07, 6.45) is 2.76. The summed E-state index contributed by atoms with van der Waals surface area (Å²) in [5, 5.41) is 0. The van der Waals surface area contributed by atoms with Crippen LogP contribution in [0.25, 0.3) is 0 Å². The lowest BCUT2D eigenvalue weighted by Gasteiger charge is -2.32. The maximum absolute atomic E-state index is 12.8. The van der Waals surface area contributed by atoms with E-state index in [0.717, 1.165) is 19.3 Å². The Bertz CT molecular complexity index is 972. The lowest BCUT2D eigenvalue weighted by atomic mass is 10.1. The van der Waals surface area contributed by atoms with Crippen molar-refractivity contribution < 1.29 is 16.8 Å². The van der Waals surface area contributed by atoms with Crippen LogP contribution in [-0.2, 0) is 25.8 Å². The van der Waals surface area contributed by atoms with E-state index in [1.165, 1.54) is 28.6 Å². The molecule has 1 heterocycles. The van der Waals surface area contributed by atoms with E-state index in [9.17, 15) is 16.8 Å². The zero-order valence-electron chi connectivity index (χ0n) is 15.2. The number of rotatable bonds is 6. The van der Waals surface area contributed by atoms with Crippen LogP contribution in [0.3, 0.4) is 0 Å². The average Bonchev–Trinajstić information content (AvgIpc) is 2.62. The fraction of sp³-hybridized carbons (Fsp3) is 0.368. The highest BCUT2D eigenvalue weighted by Crippen LogP contribution is 2.26. The second kappa shape index (κ2) is 8.00. The molecule has 0 amide bonds. The van der Waals surface area contributed by atoms with Gasteiger partial charge in [-0.3, -0.25) is 4.72 Å². The first-order valence-corrected chi connectivity index (χ1v) is 12.0. The van der Waals surface area contributed by atoms with Gasteiger partial charge in [0.25, 0.3) is 0 Å². The molecule has 0 radical (unpaired) electrons. The van der Waals surface area contributed by atoms with Crippen LogP contribution in [0.1, 0.15) is 31.7 Å². The van der Waals surface area contributed by atoms with Gasteiger partial charge < -0.3 is 0 Å². The van der Waals surface area contributed by atoms with Gasteiger partial charge in [-0.15, -0.1) is 0 Å². The van der Waals surface area contributed by atoms with Crippen molar-refractivity contribution in [3.05, 3.63) is 60.2 Å². The van der Waals surface area contributed by atoms with Crippen LogP contribution in [0.4, 0.5) is 5.69 Å². The van der Waals surface area contributed by atoms with Crippen molar-refractivity contribution in [2.75, 3.05) is 11.3 Å². The van der Waals surface area contributed by atoms with Crippen LogP contribution in [0, 0.1) is 0 Å². The zero-order valence-corrected chi connectivity index (χ0v) is 16.8. The molecule has 2 aromatic carbocycles. The van der Waals surface area contributed by atoms with Crippen molar-refractivity contribution in [2.45, 2.75) is 42.9 Å². The highest BCUT2D eigenvalue weighted by atomic mass is 32.2. The van der Waals surface area contributed by atoms with E-state index in [-0.39, 0.29) is 16.7 Å². The molecule has 3 rings (SSSR count). The third-order valence-corrected chi connectivity index (χ3v) is 7.96. The molecule has 146 valence electrons. The van der Waals surface area contributed by atoms with Crippen molar-refractivity contribution in [3.8, 4) is 0 Å². The molecule has 6 nitrogen and oxygen atoms in total.